The van der Waals surface area contributed by atoms with Crippen LogP contribution in [0.1, 0.15) is 103 Å². The van der Waals surface area contributed by atoms with E-state index in [9.17, 15) is 29.7 Å². The molecule has 0 saturated heterocycles. The van der Waals surface area contributed by atoms with E-state index < -0.39 is 42.7 Å². The lowest BCUT2D eigenvalue weighted by Crippen LogP contribution is -2.35. The summed E-state index contributed by atoms with van der Waals surface area (Å²) in [6, 6.07) is 0. The highest BCUT2D eigenvalue weighted by Crippen LogP contribution is 2.32. The van der Waals surface area contributed by atoms with Crippen LogP contribution in [-0.2, 0) is 33.3 Å². The highest BCUT2D eigenvalue weighted by Gasteiger charge is 2.33. The fourth-order valence-electron chi connectivity index (χ4n) is 7.38. The van der Waals surface area contributed by atoms with Gasteiger partial charge in [-0.3, -0.25) is 14.4 Å². The molecule has 3 N–H and O–H groups in total. The third-order valence-electron chi connectivity index (χ3n) is 11.4. The predicted molar refractivity (Wildman–Crippen MR) is 222 cm³/mol. The van der Waals surface area contributed by atoms with Gasteiger partial charge < -0.3 is 52.4 Å². The maximum atomic E-state index is 13.4. The molecule has 338 valence electrons. The number of hydrogen-bond acceptors (Lipinski definition) is 17. The molecule has 0 saturated carbocycles. The monoisotopic (exact) mass is 856 g/mol. The van der Waals surface area contributed by atoms with Crippen molar-refractivity contribution in [2.24, 2.45) is 23.7 Å². The lowest BCUT2D eigenvalue weighted by molar-refractivity contribution is -0.157. The SMILES string of the molecule is CO[C@H](C[C@H]1OC(=O)C[C@H](O)C[C@@H](O)CC(=O)[C@@H](C)[C@@H](OC)c2coc(n2)-c2coc(n2)-c2coc(n2)C=CCC[C@@H]1C)[C@H](C)CCC(=O)[C@@H](C)[C@@H](C/C=C/N(C)CO)OC. The van der Waals surface area contributed by atoms with Crippen LogP contribution < -0.4 is 0 Å². The fourth-order valence-corrected chi connectivity index (χ4v) is 7.38. The van der Waals surface area contributed by atoms with Crippen molar-refractivity contribution < 1.29 is 61.9 Å². The Morgan fingerprint density at radius 1 is 0.951 bits per heavy atom. The molecule has 3 aromatic heterocycles. The molecule has 3 aromatic rings. The number of oxazole rings is 3. The molecular formula is C44H64N4O13. The zero-order valence-electron chi connectivity index (χ0n) is 36.6. The average molecular weight is 857 g/mol. The normalized spacial score (nSPS) is 24.4. The number of methoxy groups -OCH3 is 3. The molecule has 0 aromatic carbocycles. The number of carbonyl (C=O) groups excluding carboxylic acids is 3. The van der Waals surface area contributed by atoms with Crippen molar-refractivity contribution in [3.8, 4) is 23.2 Å². The van der Waals surface area contributed by atoms with E-state index >= 15 is 0 Å². The van der Waals surface area contributed by atoms with Crippen LogP contribution in [0.2, 0.25) is 0 Å². The van der Waals surface area contributed by atoms with Gasteiger partial charge >= 0.3 is 5.97 Å². The minimum Gasteiger partial charge on any atom is -0.462 e. The van der Waals surface area contributed by atoms with Gasteiger partial charge in [0.05, 0.1) is 30.8 Å². The zero-order chi connectivity index (χ0) is 44.6. The number of ketones is 2. The van der Waals surface area contributed by atoms with Crippen LogP contribution >= 0.6 is 0 Å². The number of aromatic nitrogens is 3. The summed E-state index contributed by atoms with van der Waals surface area (Å²) in [5.74, 6) is -1.65. The van der Waals surface area contributed by atoms with Crippen molar-refractivity contribution in [1.29, 1.82) is 0 Å². The number of Topliss-reactive ketones (excluding diaryl/α,β-unsaturated/α-hetero) is 2. The Bertz CT molecular complexity index is 1870. The van der Waals surface area contributed by atoms with Crippen LogP contribution in [0.5, 0.6) is 0 Å². The number of fused-ring (bicyclic) bond motifs is 8. The number of esters is 1. The van der Waals surface area contributed by atoms with Gasteiger partial charge in [0.15, 0.2) is 11.4 Å². The third kappa shape index (κ3) is 14.5. The number of nitrogens with zero attached hydrogens (tertiary/aromatic N) is 4. The number of aliphatic hydroxyl groups is 3. The summed E-state index contributed by atoms with van der Waals surface area (Å²) in [5, 5.41) is 30.9. The molecule has 1 aliphatic heterocycles. The van der Waals surface area contributed by atoms with Gasteiger partial charge in [-0.05, 0) is 49.8 Å². The van der Waals surface area contributed by atoms with Crippen LogP contribution in [0.15, 0.2) is 50.4 Å². The van der Waals surface area contributed by atoms with Gasteiger partial charge in [0.2, 0.25) is 17.7 Å². The topological polar surface area (TPSA) is 230 Å². The molecule has 0 fully saturated rings. The van der Waals surface area contributed by atoms with Gasteiger partial charge in [-0.2, -0.15) is 0 Å². The molecule has 4 heterocycles. The van der Waals surface area contributed by atoms with Crippen molar-refractivity contribution in [2.75, 3.05) is 35.1 Å². The number of carbonyl (C=O) groups is 3. The van der Waals surface area contributed by atoms with Crippen molar-refractivity contribution in [3.63, 3.8) is 0 Å². The maximum Gasteiger partial charge on any atom is 0.308 e. The van der Waals surface area contributed by atoms with Gasteiger partial charge in [0, 0.05) is 65.9 Å². The van der Waals surface area contributed by atoms with Gasteiger partial charge in [-0.25, -0.2) is 15.0 Å². The van der Waals surface area contributed by atoms with Crippen LogP contribution in [0.25, 0.3) is 29.2 Å². The first kappa shape index (κ1) is 49.1. The predicted octanol–water partition coefficient (Wildman–Crippen LogP) is 5.95. The van der Waals surface area contributed by atoms with E-state index in [1.54, 1.807) is 45.4 Å². The Kier molecular flexibility index (Phi) is 19.5. The van der Waals surface area contributed by atoms with E-state index in [4.69, 9.17) is 32.2 Å². The van der Waals surface area contributed by atoms with E-state index in [0.29, 0.717) is 61.5 Å². The van der Waals surface area contributed by atoms with E-state index in [1.807, 2.05) is 32.9 Å². The maximum absolute atomic E-state index is 13.4. The van der Waals surface area contributed by atoms with E-state index in [1.165, 1.54) is 25.9 Å². The lowest BCUT2D eigenvalue weighted by Gasteiger charge is -2.31. The second-order valence-corrected chi connectivity index (χ2v) is 16.1. The summed E-state index contributed by atoms with van der Waals surface area (Å²) in [7, 11) is 6.34. The summed E-state index contributed by atoms with van der Waals surface area (Å²) in [4.78, 5) is 55.0. The lowest BCUT2D eigenvalue weighted by atomic mass is 9.86. The highest BCUT2D eigenvalue weighted by atomic mass is 16.5. The summed E-state index contributed by atoms with van der Waals surface area (Å²) in [6.07, 6.45) is 8.71. The number of cyclic esters (lactones) is 1. The Labute approximate surface area is 357 Å². The minimum absolute atomic E-state index is 0.0574. The Hall–Kier alpha value is -4.52. The molecule has 61 heavy (non-hydrogen) atoms. The number of allylic oxidation sites excluding steroid dienone is 1. The Morgan fingerprint density at radius 3 is 2.33 bits per heavy atom. The zero-order valence-corrected chi connectivity index (χ0v) is 36.6. The molecule has 17 heteroatoms. The van der Waals surface area contributed by atoms with Gasteiger partial charge in [0.1, 0.15) is 55.0 Å². The van der Waals surface area contributed by atoms with E-state index in [2.05, 4.69) is 15.0 Å². The van der Waals surface area contributed by atoms with Crippen molar-refractivity contribution >= 4 is 23.6 Å². The number of ether oxygens (including phenoxy) is 4. The van der Waals surface area contributed by atoms with E-state index in [-0.39, 0.29) is 72.9 Å². The number of rotatable bonds is 15. The molecule has 1 aliphatic rings. The number of hydrogen-bond donors (Lipinski definition) is 3. The van der Waals surface area contributed by atoms with Crippen molar-refractivity contribution in [1.82, 2.24) is 19.9 Å². The average Bonchev–Trinajstić information content (AvgIpc) is 4.03. The first-order valence-electron chi connectivity index (χ1n) is 20.9. The van der Waals surface area contributed by atoms with Gasteiger partial charge in [0.25, 0.3) is 0 Å². The van der Waals surface area contributed by atoms with Crippen LogP contribution in [0, 0.1) is 23.7 Å². The Morgan fingerprint density at radius 2 is 1.62 bits per heavy atom. The van der Waals surface area contributed by atoms with Crippen molar-refractivity contribution in [2.45, 2.75) is 122 Å². The summed E-state index contributed by atoms with van der Waals surface area (Å²) < 4.78 is 40.2. The summed E-state index contributed by atoms with van der Waals surface area (Å²) in [5.41, 5.74) is 0.981. The first-order valence-corrected chi connectivity index (χ1v) is 20.9. The molecule has 0 amide bonds. The second kappa shape index (κ2) is 24.2. The Balaban J connectivity index is 1.49. The van der Waals surface area contributed by atoms with E-state index in [0.717, 1.165) is 0 Å². The molecule has 0 aliphatic carbocycles. The molecule has 0 unspecified atom stereocenters. The molecular weight excluding hydrogens is 792 g/mol. The van der Waals surface area contributed by atoms with Crippen molar-refractivity contribution in [3.05, 3.63) is 48.7 Å². The minimum atomic E-state index is -1.28. The smallest absolute Gasteiger partial charge is 0.308 e. The van der Waals surface area contributed by atoms with Crippen LogP contribution in [0.3, 0.4) is 0 Å². The van der Waals surface area contributed by atoms with Gasteiger partial charge in [-0.15, -0.1) is 0 Å². The summed E-state index contributed by atoms with van der Waals surface area (Å²) in [6.45, 7) is 7.35. The molecule has 0 radical (unpaired) electrons. The van der Waals surface area contributed by atoms with Gasteiger partial charge in [-0.1, -0.05) is 39.8 Å². The molecule has 6 bridgehead atoms. The fraction of sp³-hybridized carbons (Fsp3) is 0.636. The second-order valence-electron chi connectivity index (χ2n) is 16.1. The standard InChI is InChI=1S/C44H64N4O13/c1-26-12-9-10-14-40-45-33(23-58-40)43-47-34(24-60-43)44-46-32(22-59-44)42(57-8)29(4)36(53)19-30(50)18-31(51)20-41(54)61-39(26)21-38(56-7)27(2)15-16-35(52)28(3)37(55-6)13-11-17-48(5)25-49/h10-11,14,17,22-24,26-31,37-39,42,49-51H,9,12-13,15-16,18-21,25H2,1-8H3/b14-10?,17-11+/t26-,27+,28+,29+,30+,31+,37+,38+,39+,42+/m0/s1. The number of aliphatic hydroxyl groups excluding tert-OH is 3. The third-order valence-corrected chi connectivity index (χ3v) is 11.4. The first-order chi connectivity index (χ1) is 29.2. The largest absolute Gasteiger partial charge is 0.462 e. The molecule has 0 spiro atoms. The van der Waals surface area contributed by atoms with Crippen LogP contribution in [-0.4, -0.2) is 118 Å². The quantitative estimate of drug-likeness (QED) is 0.118. The highest BCUT2D eigenvalue weighted by molar-refractivity contribution is 5.82. The molecule has 4 rings (SSSR count). The van der Waals surface area contributed by atoms with Crippen LogP contribution in [0.4, 0.5) is 0 Å². The molecule has 17 nitrogen and oxygen atoms in total. The molecule has 10 atom stereocenters. The summed E-state index contributed by atoms with van der Waals surface area (Å²) >= 11 is 0.